The van der Waals surface area contributed by atoms with Gasteiger partial charge in [0.1, 0.15) is 0 Å². The van der Waals surface area contributed by atoms with Gasteiger partial charge in [-0.2, -0.15) is 0 Å². The molecule has 0 saturated heterocycles. The molecule has 0 spiro atoms. The van der Waals surface area contributed by atoms with Crippen LogP contribution in [0.25, 0.3) is 0 Å². The van der Waals surface area contributed by atoms with Crippen LogP contribution >= 0.6 is 0 Å². The lowest BCUT2D eigenvalue weighted by Crippen LogP contribution is -2.29. The van der Waals surface area contributed by atoms with Crippen LogP contribution < -0.4 is 11.3 Å². The maximum Gasteiger partial charge on any atom is 0.255 e. The fraction of sp³-hybridized carbons (Fsp3) is 0.583. The Kier molecular flexibility index (Phi) is 2.65. The standard InChI is InChI=1S/C12H18N2O/c1-8(2)14-11(9-3-4-9)6-5-10(7-13)12(14)15/h5-6,8-9H,3-4,7,13H2,1-2H3. The van der Waals surface area contributed by atoms with Crippen molar-refractivity contribution in [1.82, 2.24) is 4.57 Å². The summed E-state index contributed by atoms with van der Waals surface area (Å²) >= 11 is 0. The fourth-order valence-electron chi connectivity index (χ4n) is 2.01. The molecule has 3 nitrogen and oxygen atoms in total. The van der Waals surface area contributed by atoms with Gasteiger partial charge in [0.2, 0.25) is 0 Å². The lowest BCUT2D eigenvalue weighted by molar-refractivity contribution is 0.546. The SMILES string of the molecule is CC(C)n1c(C2CC2)ccc(CN)c1=O. The Labute approximate surface area is 89.9 Å². The second-order valence-electron chi connectivity index (χ2n) is 4.53. The van der Waals surface area contributed by atoms with Crippen LogP contribution in [0.4, 0.5) is 0 Å². The van der Waals surface area contributed by atoms with E-state index in [1.165, 1.54) is 18.5 Å². The second-order valence-corrected chi connectivity index (χ2v) is 4.53. The van der Waals surface area contributed by atoms with Crippen molar-refractivity contribution in [3.05, 3.63) is 33.7 Å². The molecule has 1 heterocycles. The number of nitrogens with zero attached hydrogens (tertiary/aromatic N) is 1. The van der Waals surface area contributed by atoms with Crippen LogP contribution in [0, 0.1) is 0 Å². The van der Waals surface area contributed by atoms with E-state index >= 15 is 0 Å². The molecule has 1 saturated carbocycles. The number of nitrogens with two attached hydrogens (primary N) is 1. The summed E-state index contributed by atoms with van der Waals surface area (Å²) in [4.78, 5) is 12.1. The van der Waals surface area contributed by atoms with Gasteiger partial charge >= 0.3 is 0 Å². The van der Waals surface area contributed by atoms with Gasteiger partial charge in [-0.15, -0.1) is 0 Å². The molecule has 0 aliphatic heterocycles. The van der Waals surface area contributed by atoms with Crippen molar-refractivity contribution in [2.45, 2.75) is 45.2 Å². The van der Waals surface area contributed by atoms with Crippen LogP contribution in [0.5, 0.6) is 0 Å². The van der Waals surface area contributed by atoms with E-state index in [2.05, 4.69) is 6.07 Å². The molecule has 1 aliphatic rings. The summed E-state index contributed by atoms with van der Waals surface area (Å²) < 4.78 is 1.90. The number of pyridine rings is 1. The number of hydrogen-bond donors (Lipinski definition) is 1. The Morgan fingerprint density at radius 2 is 2.13 bits per heavy atom. The predicted molar refractivity (Wildman–Crippen MR) is 61.0 cm³/mol. The molecule has 2 N–H and O–H groups in total. The molecule has 1 fully saturated rings. The summed E-state index contributed by atoms with van der Waals surface area (Å²) in [6, 6.07) is 4.18. The van der Waals surface area contributed by atoms with Crippen molar-refractivity contribution in [3.8, 4) is 0 Å². The highest BCUT2D eigenvalue weighted by atomic mass is 16.1. The Morgan fingerprint density at radius 3 is 2.60 bits per heavy atom. The molecule has 3 heteroatoms. The number of aromatic nitrogens is 1. The van der Waals surface area contributed by atoms with E-state index < -0.39 is 0 Å². The molecule has 82 valence electrons. The average Bonchev–Trinajstić information content (AvgIpc) is 2.99. The first-order chi connectivity index (χ1) is 7.15. The maximum absolute atomic E-state index is 12.1. The molecule has 0 bridgehead atoms. The van der Waals surface area contributed by atoms with Crippen molar-refractivity contribution >= 4 is 0 Å². The van der Waals surface area contributed by atoms with Crippen LogP contribution in [0.15, 0.2) is 16.9 Å². The summed E-state index contributed by atoms with van der Waals surface area (Å²) in [5.41, 5.74) is 7.55. The highest BCUT2D eigenvalue weighted by Crippen LogP contribution is 2.40. The van der Waals surface area contributed by atoms with Crippen LogP contribution in [-0.2, 0) is 6.54 Å². The maximum atomic E-state index is 12.1. The molecule has 0 aromatic carbocycles. The first kappa shape index (κ1) is 10.4. The summed E-state index contributed by atoms with van der Waals surface area (Å²) in [6.45, 7) is 4.43. The first-order valence-corrected chi connectivity index (χ1v) is 5.59. The van der Waals surface area contributed by atoms with Gasteiger partial charge in [0, 0.05) is 23.8 Å². The van der Waals surface area contributed by atoms with Crippen LogP contribution in [0.1, 0.15) is 49.9 Å². The van der Waals surface area contributed by atoms with Gasteiger partial charge < -0.3 is 10.3 Å². The van der Waals surface area contributed by atoms with Crippen molar-refractivity contribution in [3.63, 3.8) is 0 Å². The molecule has 1 aliphatic carbocycles. The molecule has 0 amide bonds. The van der Waals surface area contributed by atoms with Crippen LogP contribution in [0.3, 0.4) is 0 Å². The summed E-state index contributed by atoms with van der Waals surface area (Å²) in [5, 5.41) is 0. The van der Waals surface area contributed by atoms with Crippen molar-refractivity contribution in [1.29, 1.82) is 0 Å². The zero-order chi connectivity index (χ0) is 11.0. The monoisotopic (exact) mass is 206 g/mol. The molecular formula is C12H18N2O. The minimum Gasteiger partial charge on any atom is -0.326 e. The predicted octanol–water partition coefficient (Wildman–Crippen LogP) is 1.77. The quantitative estimate of drug-likeness (QED) is 0.819. The van der Waals surface area contributed by atoms with Gasteiger partial charge in [-0.1, -0.05) is 6.07 Å². The molecule has 1 aromatic rings. The summed E-state index contributed by atoms with van der Waals surface area (Å²) in [6.07, 6.45) is 2.43. The average molecular weight is 206 g/mol. The van der Waals surface area contributed by atoms with Gasteiger partial charge in [0.25, 0.3) is 5.56 Å². The normalized spacial score (nSPS) is 16.0. The van der Waals surface area contributed by atoms with E-state index in [0.29, 0.717) is 18.0 Å². The second kappa shape index (κ2) is 3.81. The van der Waals surface area contributed by atoms with Crippen molar-refractivity contribution < 1.29 is 0 Å². The topological polar surface area (TPSA) is 48.0 Å². The largest absolute Gasteiger partial charge is 0.326 e. The van der Waals surface area contributed by atoms with Gasteiger partial charge in [-0.3, -0.25) is 4.79 Å². The minimum absolute atomic E-state index is 0.0944. The van der Waals surface area contributed by atoms with Crippen LogP contribution in [-0.4, -0.2) is 4.57 Å². The molecular weight excluding hydrogens is 188 g/mol. The summed E-state index contributed by atoms with van der Waals surface area (Å²) in [5.74, 6) is 0.604. The molecule has 15 heavy (non-hydrogen) atoms. The zero-order valence-electron chi connectivity index (χ0n) is 9.36. The van der Waals surface area contributed by atoms with Crippen molar-refractivity contribution in [2.75, 3.05) is 0 Å². The van der Waals surface area contributed by atoms with E-state index in [1.807, 2.05) is 24.5 Å². The third kappa shape index (κ3) is 1.84. The van der Waals surface area contributed by atoms with E-state index in [-0.39, 0.29) is 11.6 Å². The zero-order valence-corrected chi connectivity index (χ0v) is 9.36. The fourth-order valence-corrected chi connectivity index (χ4v) is 2.01. The molecule has 0 unspecified atom stereocenters. The van der Waals surface area contributed by atoms with E-state index in [1.54, 1.807) is 0 Å². The van der Waals surface area contributed by atoms with E-state index in [4.69, 9.17) is 5.73 Å². The Morgan fingerprint density at radius 1 is 1.47 bits per heavy atom. The molecule has 0 atom stereocenters. The Balaban J connectivity index is 2.57. The third-order valence-electron chi connectivity index (χ3n) is 2.96. The summed E-state index contributed by atoms with van der Waals surface area (Å²) in [7, 11) is 0. The first-order valence-electron chi connectivity index (χ1n) is 5.59. The van der Waals surface area contributed by atoms with E-state index in [9.17, 15) is 4.79 Å². The van der Waals surface area contributed by atoms with Crippen LogP contribution in [0.2, 0.25) is 0 Å². The molecule has 0 radical (unpaired) electrons. The minimum atomic E-state index is 0.0944. The van der Waals surface area contributed by atoms with E-state index in [0.717, 1.165) is 0 Å². The number of rotatable bonds is 3. The highest BCUT2D eigenvalue weighted by molar-refractivity contribution is 5.22. The van der Waals surface area contributed by atoms with Gasteiger partial charge in [0.05, 0.1) is 0 Å². The van der Waals surface area contributed by atoms with Gasteiger partial charge in [-0.25, -0.2) is 0 Å². The molecule has 1 aromatic heterocycles. The van der Waals surface area contributed by atoms with Gasteiger partial charge in [0.15, 0.2) is 0 Å². The third-order valence-corrected chi connectivity index (χ3v) is 2.96. The highest BCUT2D eigenvalue weighted by Gasteiger charge is 2.27. The Hall–Kier alpha value is -1.09. The lowest BCUT2D eigenvalue weighted by atomic mass is 10.1. The number of hydrogen-bond acceptors (Lipinski definition) is 2. The van der Waals surface area contributed by atoms with Crippen molar-refractivity contribution in [2.24, 2.45) is 5.73 Å². The smallest absolute Gasteiger partial charge is 0.255 e. The molecule has 2 rings (SSSR count). The lowest BCUT2D eigenvalue weighted by Gasteiger charge is -2.17. The Bertz CT molecular complexity index is 416. The van der Waals surface area contributed by atoms with Gasteiger partial charge in [-0.05, 0) is 38.7 Å².